The van der Waals surface area contributed by atoms with Crippen molar-refractivity contribution < 1.29 is 23.0 Å². The van der Waals surface area contributed by atoms with Crippen LogP contribution >= 0.6 is 0 Å². The van der Waals surface area contributed by atoms with Gasteiger partial charge >= 0.3 is 0 Å². The maximum absolute atomic E-state index is 15.6. The maximum atomic E-state index is 15.6. The van der Waals surface area contributed by atoms with Crippen LogP contribution in [0.3, 0.4) is 0 Å². The van der Waals surface area contributed by atoms with Gasteiger partial charge in [0.05, 0.1) is 6.04 Å². The zero-order valence-corrected chi connectivity index (χ0v) is 58.8. The summed E-state index contributed by atoms with van der Waals surface area (Å²) in [5, 5.41) is 0. The number of fused-ring (bicyclic) bond motifs is 8. The summed E-state index contributed by atoms with van der Waals surface area (Å²) in [5.41, 5.74) is 22.2. The predicted molar refractivity (Wildman–Crippen MR) is 408 cm³/mol. The van der Waals surface area contributed by atoms with Crippen LogP contribution in [0.25, 0.3) is 6.08 Å². The van der Waals surface area contributed by atoms with Gasteiger partial charge in [-0.05, 0) is 232 Å². The number of hydrogen-bond donors (Lipinski definition) is 0. The van der Waals surface area contributed by atoms with Gasteiger partial charge in [0.25, 0.3) is 0 Å². The standard InChI is InChI=1S/C94H92F2N2O3/c1-7-63-21-41-75(42-22-63)99-77-45-25-65(26-46-77)93(87-53-59(3)17-19-61(87)5)85-15-11-9-13-79(85)81-49-37-73(57-89(81)93)97(69-33-29-67(95)30-34-69)71-39-51-91-83(55-71)84-56-72(40-52-92(84)101-91)98(70-35-31-68(96)32-36-70)74-38-50-82-80-14-10-12-16-86(80)94(90(82)58-74,88-54-60(4)18-20-62(88)6)66-27-47-78(48-28-66)100-76-43-23-64(8-2)24-44-76/h7-16,19,21-25,27-29,33,35,37-38,40-41,43-50,52-57,59,65,68,74-75,80-81,83,86,89,91H,1-2,17-18,20,26,30-32,34,36,39,42,51,58H2,3-6H3. The van der Waals surface area contributed by atoms with Gasteiger partial charge in [-0.15, -0.1) is 0 Å². The van der Waals surface area contributed by atoms with E-state index in [1.807, 2.05) is 42.5 Å². The minimum atomic E-state index is -0.872. The molecule has 0 N–H and O–H groups in total. The second-order valence-corrected chi connectivity index (χ2v) is 30.5. The Kier molecular flexibility index (Phi) is 17.0. The third-order valence-electron chi connectivity index (χ3n) is 24.7. The summed E-state index contributed by atoms with van der Waals surface area (Å²) in [4.78, 5) is 5.11. The molecule has 0 spiro atoms. The van der Waals surface area contributed by atoms with Gasteiger partial charge in [-0.3, -0.25) is 0 Å². The Hall–Kier alpha value is -9.46. The molecular weight excluding hydrogens is 1240 g/mol. The summed E-state index contributed by atoms with van der Waals surface area (Å²) in [6, 6.07) is 33.2. The summed E-state index contributed by atoms with van der Waals surface area (Å²) in [5.74, 6) is 4.36. The van der Waals surface area contributed by atoms with Gasteiger partial charge in [0, 0.05) is 87.3 Å². The first-order valence-electron chi connectivity index (χ1n) is 37.4. The quantitative estimate of drug-likeness (QED) is 0.112. The number of alkyl halides is 1. The molecule has 5 nitrogen and oxygen atoms in total. The molecule has 0 fully saturated rings. The third-order valence-corrected chi connectivity index (χ3v) is 24.7. The van der Waals surface area contributed by atoms with Gasteiger partial charge in [0.1, 0.15) is 47.2 Å². The van der Waals surface area contributed by atoms with E-state index in [4.69, 9.17) is 14.2 Å². The second-order valence-electron chi connectivity index (χ2n) is 30.5. The molecule has 13 unspecified atom stereocenters. The minimum absolute atomic E-state index is 0.0283. The van der Waals surface area contributed by atoms with Crippen molar-refractivity contribution in [2.45, 2.75) is 158 Å². The smallest absolute Gasteiger partial charge is 0.127 e. The van der Waals surface area contributed by atoms with Gasteiger partial charge in [0.15, 0.2) is 0 Å². The summed E-state index contributed by atoms with van der Waals surface area (Å²) >= 11 is 0. The van der Waals surface area contributed by atoms with Crippen molar-refractivity contribution in [1.82, 2.24) is 4.90 Å². The summed E-state index contributed by atoms with van der Waals surface area (Å²) in [7, 11) is 0. The van der Waals surface area contributed by atoms with E-state index in [2.05, 4.69) is 239 Å². The summed E-state index contributed by atoms with van der Waals surface area (Å²) in [6.45, 7) is 17.3. The number of nitrogens with zero attached hydrogens (tertiary/aromatic N) is 2. The molecule has 4 aromatic rings. The Labute approximate surface area is 596 Å². The first kappa shape index (κ1) is 64.9. The molecule has 0 amide bonds. The van der Waals surface area contributed by atoms with Crippen LogP contribution in [0, 0.1) is 29.6 Å². The van der Waals surface area contributed by atoms with E-state index in [0.717, 1.165) is 103 Å². The monoisotopic (exact) mass is 1330 g/mol. The molecular formula is C94H92F2N2O3. The van der Waals surface area contributed by atoms with E-state index in [1.54, 1.807) is 6.08 Å². The molecule has 1 aliphatic heterocycles. The van der Waals surface area contributed by atoms with Crippen molar-refractivity contribution in [2.24, 2.45) is 29.6 Å². The molecule has 12 aliphatic carbocycles. The molecule has 17 rings (SSSR count). The zero-order valence-electron chi connectivity index (χ0n) is 58.8. The first-order chi connectivity index (χ1) is 49.3. The number of allylic oxidation sites excluding steroid dienone is 30. The molecule has 13 aliphatic rings. The van der Waals surface area contributed by atoms with Crippen LogP contribution < -0.4 is 14.4 Å². The zero-order chi connectivity index (χ0) is 68.7. The van der Waals surface area contributed by atoms with Crippen molar-refractivity contribution in [3.8, 4) is 17.2 Å². The highest BCUT2D eigenvalue weighted by Crippen LogP contribution is 2.66. The Balaban J connectivity index is 0.741. The SMILES string of the molecule is C=CC1=CCC(OC2=CCC(C3(C4=CC(C)CC=C4C)c4ccccc4C4C=CC(N(C5=CC=C(F)CC5)C5=CC6c7cc(N(C8=CCC(F)CC8)C8C=CC9=C(C8)C(C8=C(C)CCC(C)=C8)(c8ccc(Oc%10ccc(C=C)cc%10)cc8)C8C=CC=CC98)ccc7OC6CC5)=CC43)C=C2)C=C1. The van der Waals surface area contributed by atoms with E-state index in [0.29, 0.717) is 38.0 Å². The van der Waals surface area contributed by atoms with Gasteiger partial charge in [-0.2, -0.15) is 0 Å². The number of ether oxygens (including phenoxy) is 3. The van der Waals surface area contributed by atoms with E-state index in [9.17, 15) is 0 Å². The minimum Gasteiger partial charge on any atom is -0.489 e. The van der Waals surface area contributed by atoms with Crippen molar-refractivity contribution in [1.29, 1.82) is 0 Å². The lowest BCUT2D eigenvalue weighted by molar-refractivity contribution is 0.162. The predicted octanol–water partition coefficient (Wildman–Crippen LogP) is 23.6. The Morgan fingerprint density at radius 3 is 2.26 bits per heavy atom. The molecule has 0 bridgehead atoms. The Morgan fingerprint density at radius 2 is 1.49 bits per heavy atom. The normalized spacial score (nSPS) is 31.0. The highest BCUT2D eigenvalue weighted by Gasteiger charge is 2.59. The number of benzene rings is 4. The molecule has 7 heteroatoms. The van der Waals surface area contributed by atoms with Gasteiger partial charge in [-0.25, -0.2) is 8.78 Å². The number of hydrogen-bond acceptors (Lipinski definition) is 5. The van der Waals surface area contributed by atoms with Crippen LogP contribution in [0.4, 0.5) is 14.5 Å². The van der Waals surface area contributed by atoms with E-state index in [-0.39, 0.29) is 59.6 Å². The molecule has 13 atom stereocenters. The van der Waals surface area contributed by atoms with Crippen LogP contribution in [0.1, 0.15) is 151 Å². The fourth-order valence-electron chi connectivity index (χ4n) is 19.9. The van der Waals surface area contributed by atoms with E-state index < -0.39 is 17.0 Å². The van der Waals surface area contributed by atoms with Crippen LogP contribution in [-0.2, 0) is 15.6 Å². The summed E-state index contributed by atoms with van der Waals surface area (Å²) < 4.78 is 51.4. The average molecular weight is 1340 g/mol. The van der Waals surface area contributed by atoms with E-state index in [1.165, 1.54) is 72.7 Å². The average Bonchev–Trinajstić information content (AvgIpc) is 1.55. The van der Waals surface area contributed by atoms with Crippen molar-refractivity contribution >= 4 is 11.8 Å². The van der Waals surface area contributed by atoms with Crippen molar-refractivity contribution in [2.75, 3.05) is 4.90 Å². The molecule has 0 saturated heterocycles. The van der Waals surface area contributed by atoms with Crippen molar-refractivity contribution in [3.05, 3.63) is 351 Å². The topological polar surface area (TPSA) is 34.2 Å². The van der Waals surface area contributed by atoms with Gasteiger partial charge in [0.2, 0.25) is 0 Å². The Bertz CT molecular complexity index is 4680. The third kappa shape index (κ3) is 11.3. The number of anilines is 1. The molecule has 1 heterocycles. The Morgan fingerprint density at radius 1 is 0.653 bits per heavy atom. The molecule has 510 valence electrons. The molecule has 0 saturated carbocycles. The molecule has 0 radical (unpaired) electrons. The largest absolute Gasteiger partial charge is 0.489 e. The lowest BCUT2D eigenvalue weighted by atomic mass is 9.56. The fourth-order valence-corrected chi connectivity index (χ4v) is 19.9. The number of halogens is 2. The van der Waals surface area contributed by atoms with Gasteiger partial charge in [-0.1, -0.05) is 195 Å². The highest BCUT2D eigenvalue weighted by molar-refractivity contribution is 5.69. The first-order valence-corrected chi connectivity index (χ1v) is 37.4. The van der Waals surface area contributed by atoms with Crippen LogP contribution in [0.2, 0.25) is 0 Å². The fraction of sp³-hybridized carbons (Fsp3) is 0.319. The lowest BCUT2D eigenvalue weighted by Gasteiger charge is -2.48. The maximum Gasteiger partial charge on any atom is 0.127 e. The second kappa shape index (κ2) is 26.5. The molecule has 0 aromatic heterocycles. The molecule has 101 heavy (non-hydrogen) atoms. The number of rotatable bonds is 16. The van der Waals surface area contributed by atoms with Crippen LogP contribution in [0.15, 0.2) is 323 Å². The van der Waals surface area contributed by atoms with Crippen LogP contribution in [-0.4, -0.2) is 29.3 Å². The summed E-state index contributed by atoms with van der Waals surface area (Å²) in [6.07, 6.45) is 63.9. The van der Waals surface area contributed by atoms with Crippen LogP contribution in [0.5, 0.6) is 17.2 Å². The molecule has 4 aromatic carbocycles. The highest BCUT2D eigenvalue weighted by atomic mass is 19.1. The van der Waals surface area contributed by atoms with Crippen molar-refractivity contribution in [3.63, 3.8) is 0 Å². The van der Waals surface area contributed by atoms with Gasteiger partial charge < -0.3 is 24.0 Å². The lowest BCUT2D eigenvalue weighted by Crippen LogP contribution is -2.43. The van der Waals surface area contributed by atoms with E-state index >= 15 is 8.78 Å².